The lowest BCUT2D eigenvalue weighted by Gasteiger charge is -2.30. The Kier molecular flexibility index (Phi) is 2.94. The molecule has 2 heteroatoms. The molecule has 86 valence electrons. The van der Waals surface area contributed by atoms with Gasteiger partial charge in [-0.05, 0) is 31.4 Å². The van der Waals surface area contributed by atoms with Crippen molar-refractivity contribution in [1.82, 2.24) is 10.2 Å². The Morgan fingerprint density at radius 2 is 1.94 bits per heavy atom. The molecule has 0 aromatic heterocycles. The predicted octanol–water partition coefficient (Wildman–Crippen LogP) is 2.19. The van der Waals surface area contributed by atoms with Gasteiger partial charge in [0.05, 0.1) is 0 Å². The number of benzene rings is 1. The number of nitrogens with zero attached hydrogens (tertiary/aromatic N) is 1. The van der Waals surface area contributed by atoms with Crippen LogP contribution in [0.3, 0.4) is 0 Å². The standard InChI is InChI=1S/C14H20N2/c1-2-5-12(6-3-1)14-11-15-9-4-10-16(14)13-7-8-13/h1-3,5-6,13-15H,4,7-11H2. The highest BCUT2D eigenvalue weighted by Crippen LogP contribution is 2.34. The second-order valence-electron chi connectivity index (χ2n) is 4.95. The molecule has 3 rings (SSSR count). The Morgan fingerprint density at radius 3 is 2.69 bits per heavy atom. The maximum absolute atomic E-state index is 3.57. The molecule has 2 aliphatic rings. The van der Waals surface area contributed by atoms with Crippen LogP contribution in [0.15, 0.2) is 30.3 Å². The summed E-state index contributed by atoms with van der Waals surface area (Å²) < 4.78 is 0. The highest BCUT2D eigenvalue weighted by atomic mass is 15.2. The van der Waals surface area contributed by atoms with Crippen molar-refractivity contribution in [3.8, 4) is 0 Å². The van der Waals surface area contributed by atoms with E-state index in [0.717, 1.165) is 12.6 Å². The van der Waals surface area contributed by atoms with Gasteiger partial charge in [-0.3, -0.25) is 4.90 Å². The highest BCUT2D eigenvalue weighted by molar-refractivity contribution is 5.20. The van der Waals surface area contributed by atoms with E-state index < -0.39 is 0 Å². The number of nitrogens with one attached hydrogen (secondary N) is 1. The minimum absolute atomic E-state index is 0.594. The monoisotopic (exact) mass is 216 g/mol. The molecule has 1 N–H and O–H groups in total. The first-order chi connectivity index (χ1) is 7.95. The topological polar surface area (TPSA) is 15.3 Å². The van der Waals surface area contributed by atoms with Gasteiger partial charge < -0.3 is 5.32 Å². The summed E-state index contributed by atoms with van der Waals surface area (Å²) in [4.78, 5) is 2.72. The molecule has 0 amide bonds. The fraction of sp³-hybridized carbons (Fsp3) is 0.571. The molecule has 1 unspecified atom stereocenters. The molecule has 2 nitrogen and oxygen atoms in total. The Labute approximate surface area is 97.6 Å². The van der Waals surface area contributed by atoms with Crippen molar-refractivity contribution >= 4 is 0 Å². The molecule has 1 aliphatic carbocycles. The van der Waals surface area contributed by atoms with Crippen LogP contribution in [-0.4, -0.2) is 30.6 Å². The van der Waals surface area contributed by atoms with Gasteiger partial charge in [0, 0.05) is 25.2 Å². The van der Waals surface area contributed by atoms with Crippen LogP contribution in [0.4, 0.5) is 0 Å². The smallest absolute Gasteiger partial charge is 0.0475 e. The van der Waals surface area contributed by atoms with E-state index in [0.29, 0.717) is 6.04 Å². The summed E-state index contributed by atoms with van der Waals surface area (Å²) in [6.07, 6.45) is 4.10. The fourth-order valence-corrected chi connectivity index (χ4v) is 2.73. The van der Waals surface area contributed by atoms with Crippen LogP contribution in [0, 0.1) is 0 Å². The van der Waals surface area contributed by atoms with Crippen LogP contribution in [0.2, 0.25) is 0 Å². The Hall–Kier alpha value is -0.860. The van der Waals surface area contributed by atoms with Crippen LogP contribution in [0.1, 0.15) is 30.9 Å². The summed E-state index contributed by atoms with van der Waals surface area (Å²) in [5.74, 6) is 0. The van der Waals surface area contributed by atoms with Crippen molar-refractivity contribution in [2.75, 3.05) is 19.6 Å². The van der Waals surface area contributed by atoms with Crippen molar-refractivity contribution < 1.29 is 0 Å². The van der Waals surface area contributed by atoms with E-state index >= 15 is 0 Å². The van der Waals surface area contributed by atoms with Crippen molar-refractivity contribution in [2.45, 2.75) is 31.3 Å². The largest absolute Gasteiger partial charge is 0.315 e. The third-order valence-electron chi connectivity index (χ3n) is 3.71. The SMILES string of the molecule is c1ccc(C2CNCCCN2C2CC2)cc1. The average Bonchev–Trinajstić information content (AvgIpc) is 3.16. The van der Waals surface area contributed by atoms with E-state index in [1.807, 2.05) is 0 Å². The Morgan fingerprint density at radius 1 is 1.12 bits per heavy atom. The van der Waals surface area contributed by atoms with E-state index in [9.17, 15) is 0 Å². The lowest BCUT2D eigenvalue weighted by atomic mass is 10.1. The number of rotatable bonds is 2. The molecule has 0 radical (unpaired) electrons. The highest BCUT2D eigenvalue weighted by Gasteiger charge is 2.34. The summed E-state index contributed by atoms with van der Waals surface area (Å²) >= 11 is 0. The molecular weight excluding hydrogens is 196 g/mol. The zero-order valence-electron chi connectivity index (χ0n) is 9.73. The van der Waals surface area contributed by atoms with Gasteiger partial charge in [-0.2, -0.15) is 0 Å². The van der Waals surface area contributed by atoms with Gasteiger partial charge in [-0.25, -0.2) is 0 Å². The molecule has 1 aliphatic heterocycles. The first kappa shape index (κ1) is 10.3. The summed E-state index contributed by atoms with van der Waals surface area (Å²) in [5, 5.41) is 3.57. The van der Waals surface area contributed by atoms with Crippen molar-refractivity contribution in [3.05, 3.63) is 35.9 Å². The van der Waals surface area contributed by atoms with Gasteiger partial charge in [0.2, 0.25) is 0 Å². The lowest BCUT2D eigenvalue weighted by Crippen LogP contribution is -2.34. The Bertz CT molecular complexity index is 332. The average molecular weight is 216 g/mol. The molecule has 2 fully saturated rings. The molecule has 1 saturated heterocycles. The molecule has 0 spiro atoms. The van der Waals surface area contributed by atoms with Crippen LogP contribution < -0.4 is 5.32 Å². The third-order valence-corrected chi connectivity index (χ3v) is 3.71. The van der Waals surface area contributed by atoms with Gasteiger partial charge in [0.15, 0.2) is 0 Å². The van der Waals surface area contributed by atoms with Crippen molar-refractivity contribution in [2.24, 2.45) is 0 Å². The molecule has 0 bridgehead atoms. The molecule has 1 aromatic carbocycles. The first-order valence-electron chi connectivity index (χ1n) is 6.46. The fourth-order valence-electron chi connectivity index (χ4n) is 2.73. The molecule has 16 heavy (non-hydrogen) atoms. The van der Waals surface area contributed by atoms with Crippen LogP contribution >= 0.6 is 0 Å². The molecular formula is C14H20N2. The second kappa shape index (κ2) is 4.56. The Balaban J connectivity index is 1.83. The second-order valence-corrected chi connectivity index (χ2v) is 4.95. The molecule has 1 atom stereocenters. The van der Waals surface area contributed by atoms with E-state index in [1.54, 1.807) is 0 Å². The minimum atomic E-state index is 0.594. The van der Waals surface area contributed by atoms with Gasteiger partial charge >= 0.3 is 0 Å². The molecule has 1 aromatic rings. The quantitative estimate of drug-likeness (QED) is 0.815. The lowest BCUT2D eigenvalue weighted by molar-refractivity contribution is 0.200. The van der Waals surface area contributed by atoms with Crippen LogP contribution in [-0.2, 0) is 0 Å². The molecule has 1 saturated carbocycles. The summed E-state index contributed by atoms with van der Waals surface area (Å²) in [7, 11) is 0. The number of hydrogen-bond donors (Lipinski definition) is 1. The van der Waals surface area contributed by atoms with E-state index in [4.69, 9.17) is 0 Å². The van der Waals surface area contributed by atoms with Crippen LogP contribution in [0.5, 0.6) is 0 Å². The van der Waals surface area contributed by atoms with Crippen molar-refractivity contribution in [3.63, 3.8) is 0 Å². The third kappa shape index (κ3) is 2.13. The zero-order valence-corrected chi connectivity index (χ0v) is 9.73. The maximum Gasteiger partial charge on any atom is 0.0475 e. The van der Waals surface area contributed by atoms with E-state index in [-0.39, 0.29) is 0 Å². The minimum Gasteiger partial charge on any atom is -0.315 e. The van der Waals surface area contributed by atoms with Gasteiger partial charge in [-0.15, -0.1) is 0 Å². The normalized spacial score (nSPS) is 27.6. The van der Waals surface area contributed by atoms with Crippen molar-refractivity contribution in [1.29, 1.82) is 0 Å². The molecule has 1 heterocycles. The first-order valence-corrected chi connectivity index (χ1v) is 6.46. The van der Waals surface area contributed by atoms with Gasteiger partial charge in [0.25, 0.3) is 0 Å². The predicted molar refractivity (Wildman–Crippen MR) is 66.4 cm³/mol. The summed E-state index contributed by atoms with van der Waals surface area (Å²) in [6.45, 7) is 3.55. The number of hydrogen-bond acceptors (Lipinski definition) is 2. The summed E-state index contributed by atoms with van der Waals surface area (Å²) in [6, 6.07) is 12.4. The zero-order chi connectivity index (χ0) is 10.8. The van der Waals surface area contributed by atoms with E-state index in [1.165, 1.54) is 37.9 Å². The van der Waals surface area contributed by atoms with E-state index in [2.05, 4.69) is 40.5 Å². The van der Waals surface area contributed by atoms with Gasteiger partial charge in [0.1, 0.15) is 0 Å². The van der Waals surface area contributed by atoms with Crippen LogP contribution in [0.25, 0.3) is 0 Å². The summed E-state index contributed by atoms with van der Waals surface area (Å²) in [5.41, 5.74) is 1.48. The van der Waals surface area contributed by atoms with Gasteiger partial charge in [-0.1, -0.05) is 30.3 Å². The maximum atomic E-state index is 3.57.